The second-order valence-electron chi connectivity index (χ2n) is 3.46. The van der Waals surface area contributed by atoms with Gasteiger partial charge in [-0.05, 0) is 12.1 Å². The van der Waals surface area contributed by atoms with Crippen LogP contribution < -0.4 is 14.2 Å². The van der Waals surface area contributed by atoms with Gasteiger partial charge in [0.25, 0.3) is 0 Å². The fourth-order valence-corrected chi connectivity index (χ4v) is 1.20. The number of carbonyl (C=O) groups excluding carboxylic acids is 3. The quantitative estimate of drug-likeness (QED) is 0.452. The molecule has 6 heteroatoms. The van der Waals surface area contributed by atoms with E-state index in [-0.39, 0.29) is 17.2 Å². The second kappa shape index (κ2) is 7.44. The maximum absolute atomic E-state index is 11.3. The van der Waals surface area contributed by atoms with Crippen LogP contribution in [0.4, 0.5) is 0 Å². The first-order valence-corrected chi connectivity index (χ1v) is 5.67. The molecule has 21 heavy (non-hydrogen) atoms. The fraction of sp³-hybridized carbons (Fsp3) is 0. The van der Waals surface area contributed by atoms with Crippen LogP contribution in [0, 0.1) is 0 Å². The Morgan fingerprint density at radius 1 is 0.762 bits per heavy atom. The zero-order valence-corrected chi connectivity index (χ0v) is 11.0. The summed E-state index contributed by atoms with van der Waals surface area (Å²) in [4.78, 5) is 33.8. The van der Waals surface area contributed by atoms with Gasteiger partial charge in [-0.25, -0.2) is 14.4 Å². The SMILES string of the molecule is C=CC(=O)Oc1cccc(OC(=O)C=C)c1OC(=O)C=C. The molecule has 0 aliphatic rings. The summed E-state index contributed by atoms with van der Waals surface area (Å²) in [5.74, 6) is -2.79. The van der Waals surface area contributed by atoms with E-state index in [0.717, 1.165) is 18.2 Å². The van der Waals surface area contributed by atoms with Crippen LogP contribution in [0.1, 0.15) is 0 Å². The van der Waals surface area contributed by atoms with Crippen molar-refractivity contribution in [3.63, 3.8) is 0 Å². The van der Waals surface area contributed by atoms with Crippen LogP contribution >= 0.6 is 0 Å². The molecule has 1 aromatic carbocycles. The highest BCUT2D eigenvalue weighted by atomic mass is 16.6. The maximum Gasteiger partial charge on any atom is 0.335 e. The molecule has 0 bridgehead atoms. The number of para-hydroxylation sites is 1. The summed E-state index contributed by atoms with van der Waals surface area (Å²) in [6.45, 7) is 9.75. The van der Waals surface area contributed by atoms with Gasteiger partial charge in [-0.1, -0.05) is 25.8 Å². The zero-order valence-electron chi connectivity index (χ0n) is 11.0. The van der Waals surface area contributed by atoms with Crippen LogP contribution in [0.3, 0.4) is 0 Å². The number of carbonyl (C=O) groups is 3. The van der Waals surface area contributed by atoms with Crippen molar-refractivity contribution in [1.29, 1.82) is 0 Å². The van der Waals surface area contributed by atoms with Gasteiger partial charge >= 0.3 is 17.9 Å². The van der Waals surface area contributed by atoms with Crippen LogP contribution in [-0.4, -0.2) is 17.9 Å². The number of ether oxygens (including phenoxy) is 3. The summed E-state index contributed by atoms with van der Waals surface area (Å²) in [6, 6.07) is 4.17. The first-order chi connectivity index (χ1) is 10.0. The van der Waals surface area contributed by atoms with E-state index in [1.807, 2.05) is 0 Å². The average Bonchev–Trinajstić information content (AvgIpc) is 2.49. The van der Waals surface area contributed by atoms with Crippen molar-refractivity contribution in [2.75, 3.05) is 0 Å². The molecular weight excluding hydrogens is 276 g/mol. The Bertz CT molecular complexity index is 574. The van der Waals surface area contributed by atoms with Crippen molar-refractivity contribution in [2.45, 2.75) is 0 Å². The molecule has 0 aliphatic carbocycles. The Balaban J connectivity index is 3.24. The molecule has 0 atom stereocenters. The molecule has 0 spiro atoms. The van der Waals surface area contributed by atoms with Crippen molar-refractivity contribution < 1.29 is 28.6 Å². The molecule has 0 aliphatic heterocycles. The Morgan fingerprint density at radius 3 is 1.52 bits per heavy atom. The lowest BCUT2D eigenvalue weighted by molar-refractivity contribution is -0.132. The number of esters is 3. The molecule has 1 aromatic rings. The number of rotatable bonds is 6. The topological polar surface area (TPSA) is 78.9 Å². The van der Waals surface area contributed by atoms with E-state index < -0.39 is 17.9 Å². The maximum atomic E-state index is 11.3. The van der Waals surface area contributed by atoms with E-state index in [4.69, 9.17) is 14.2 Å². The lowest BCUT2D eigenvalue weighted by Crippen LogP contribution is -2.11. The first-order valence-electron chi connectivity index (χ1n) is 5.67. The number of benzene rings is 1. The lowest BCUT2D eigenvalue weighted by Gasteiger charge is -2.12. The molecule has 0 N–H and O–H groups in total. The monoisotopic (exact) mass is 288 g/mol. The predicted molar refractivity (Wildman–Crippen MR) is 73.9 cm³/mol. The van der Waals surface area contributed by atoms with Gasteiger partial charge < -0.3 is 14.2 Å². The molecule has 0 unspecified atom stereocenters. The molecule has 0 radical (unpaired) electrons. The molecule has 6 nitrogen and oxygen atoms in total. The van der Waals surface area contributed by atoms with Gasteiger partial charge in [-0.15, -0.1) is 0 Å². The summed E-state index contributed by atoms with van der Waals surface area (Å²) in [6.07, 6.45) is 2.77. The average molecular weight is 288 g/mol. The molecule has 0 heterocycles. The summed E-state index contributed by atoms with van der Waals surface area (Å²) < 4.78 is 14.8. The van der Waals surface area contributed by atoms with Crippen LogP contribution in [0.5, 0.6) is 17.2 Å². The Morgan fingerprint density at radius 2 is 1.14 bits per heavy atom. The van der Waals surface area contributed by atoms with Crippen molar-refractivity contribution in [2.24, 2.45) is 0 Å². The zero-order chi connectivity index (χ0) is 15.8. The minimum absolute atomic E-state index is 0.107. The standard InChI is InChI=1S/C15H12O6/c1-4-12(16)19-10-8-7-9-11(20-13(17)5-2)15(10)21-14(18)6-3/h4-9H,1-3H2. The Hall–Kier alpha value is -3.15. The van der Waals surface area contributed by atoms with E-state index in [2.05, 4.69) is 19.7 Å². The van der Waals surface area contributed by atoms with Crippen molar-refractivity contribution >= 4 is 17.9 Å². The number of hydrogen-bond acceptors (Lipinski definition) is 6. The molecular formula is C15H12O6. The molecule has 1 rings (SSSR count). The third kappa shape index (κ3) is 4.46. The highest BCUT2D eigenvalue weighted by Crippen LogP contribution is 2.37. The Kier molecular flexibility index (Phi) is 5.64. The van der Waals surface area contributed by atoms with E-state index in [1.54, 1.807) is 0 Å². The Labute approximate surface area is 120 Å². The van der Waals surface area contributed by atoms with E-state index in [9.17, 15) is 14.4 Å². The third-order valence-electron chi connectivity index (χ3n) is 2.07. The summed E-state index contributed by atoms with van der Waals surface area (Å²) >= 11 is 0. The fourth-order valence-electron chi connectivity index (χ4n) is 1.20. The third-order valence-corrected chi connectivity index (χ3v) is 2.07. The molecule has 0 saturated carbocycles. The van der Waals surface area contributed by atoms with Crippen LogP contribution in [0.15, 0.2) is 56.2 Å². The highest BCUT2D eigenvalue weighted by Gasteiger charge is 2.18. The highest BCUT2D eigenvalue weighted by molar-refractivity contribution is 5.88. The van der Waals surface area contributed by atoms with E-state index >= 15 is 0 Å². The second-order valence-corrected chi connectivity index (χ2v) is 3.46. The van der Waals surface area contributed by atoms with Gasteiger partial charge in [-0.3, -0.25) is 0 Å². The van der Waals surface area contributed by atoms with E-state index in [1.165, 1.54) is 18.2 Å². The molecule has 0 fully saturated rings. The van der Waals surface area contributed by atoms with Crippen molar-refractivity contribution in [3.8, 4) is 17.2 Å². The molecule has 0 aromatic heterocycles. The van der Waals surface area contributed by atoms with Crippen LogP contribution in [0.2, 0.25) is 0 Å². The summed E-state index contributed by atoms with van der Waals surface area (Å²) in [7, 11) is 0. The minimum Gasteiger partial charge on any atom is -0.419 e. The molecule has 0 saturated heterocycles. The van der Waals surface area contributed by atoms with Crippen LogP contribution in [0.25, 0.3) is 0 Å². The van der Waals surface area contributed by atoms with E-state index in [0.29, 0.717) is 0 Å². The smallest absolute Gasteiger partial charge is 0.335 e. The van der Waals surface area contributed by atoms with Gasteiger partial charge in [0.15, 0.2) is 11.5 Å². The van der Waals surface area contributed by atoms with Crippen molar-refractivity contribution in [3.05, 3.63) is 56.2 Å². The van der Waals surface area contributed by atoms with Gasteiger partial charge in [0, 0.05) is 18.2 Å². The number of hydrogen-bond donors (Lipinski definition) is 0. The largest absolute Gasteiger partial charge is 0.419 e. The van der Waals surface area contributed by atoms with Crippen molar-refractivity contribution in [1.82, 2.24) is 0 Å². The van der Waals surface area contributed by atoms with Gasteiger partial charge in [0.1, 0.15) is 0 Å². The van der Waals surface area contributed by atoms with Gasteiger partial charge in [0.2, 0.25) is 5.75 Å². The van der Waals surface area contributed by atoms with Gasteiger partial charge in [0.05, 0.1) is 0 Å². The molecule has 0 amide bonds. The summed E-state index contributed by atoms with van der Waals surface area (Å²) in [5, 5.41) is 0. The predicted octanol–water partition coefficient (Wildman–Crippen LogP) is 1.96. The lowest BCUT2D eigenvalue weighted by atomic mass is 10.3. The minimum atomic E-state index is -0.812. The summed E-state index contributed by atoms with van der Waals surface area (Å²) in [5.41, 5.74) is 0. The molecule has 108 valence electrons. The first kappa shape index (κ1) is 15.9. The van der Waals surface area contributed by atoms with Crippen LogP contribution in [-0.2, 0) is 14.4 Å². The normalized spacial score (nSPS) is 9.14. The van der Waals surface area contributed by atoms with Gasteiger partial charge in [-0.2, -0.15) is 0 Å².